The van der Waals surface area contributed by atoms with Crippen LogP contribution in [0.15, 0.2) is 24.3 Å². The molecule has 0 aromatic heterocycles. The van der Waals surface area contributed by atoms with Crippen molar-refractivity contribution in [1.82, 2.24) is 0 Å². The molecule has 0 amide bonds. The number of anilines is 1. The summed E-state index contributed by atoms with van der Waals surface area (Å²) in [6, 6.07) is 8.65. The van der Waals surface area contributed by atoms with Gasteiger partial charge in [-0.05, 0) is 43.5 Å². The van der Waals surface area contributed by atoms with Gasteiger partial charge in [0.25, 0.3) is 0 Å². The van der Waals surface area contributed by atoms with Crippen LogP contribution in [0.1, 0.15) is 31.2 Å². The van der Waals surface area contributed by atoms with Gasteiger partial charge in [-0.25, -0.2) is 0 Å². The maximum atomic E-state index is 12.7. The van der Waals surface area contributed by atoms with E-state index in [2.05, 4.69) is 5.32 Å². The van der Waals surface area contributed by atoms with Crippen LogP contribution in [0, 0.1) is 17.2 Å². The quantitative estimate of drug-likeness (QED) is 0.876. The summed E-state index contributed by atoms with van der Waals surface area (Å²) in [5.41, 5.74) is 1.31. The van der Waals surface area contributed by atoms with Crippen molar-refractivity contribution in [2.45, 2.75) is 37.9 Å². The number of benzene rings is 1. The normalized spacial score (nSPS) is 23.7. The molecular formula is C14H15F3N2. The maximum Gasteiger partial charge on any atom is 0.391 e. The first-order valence-corrected chi connectivity index (χ1v) is 6.32. The van der Waals surface area contributed by atoms with Crippen molar-refractivity contribution in [3.63, 3.8) is 0 Å². The zero-order valence-corrected chi connectivity index (χ0v) is 10.4. The molecule has 1 N–H and O–H groups in total. The zero-order chi connectivity index (χ0) is 13.9. The highest BCUT2D eigenvalue weighted by atomic mass is 19.4. The van der Waals surface area contributed by atoms with Crippen molar-refractivity contribution in [3.8, 4) is 6.07 Å². The molecule has 0 spiro atoms. The zero-order valence-electron chi connectivity index (χ0n) is 10.4. The summed E-state index contributed by atoms with van der Waals surface area (Å²) < 4.78 is 38.1. The Balaban J connectivity index is 1.97. The number of nitrogens with zero attached hydrogens (tertiary/aromatic N) is 1. The van der Waals surface area contributed by atoms with E-state index in [1.165, 1.54) is 0 Å². The Hall–Kier alpha value is -1.70. The minimum atomic E-state index is -4.09. The monoisotopic (exact) mass is 268 g/mol. The minimum absolute atomic E-state index is 0.128. The van der Waals surface area contributed by atoms with E-state index in [0.29, 0.717) is 12.0 Å². The van der Waals surface area contributed by atoms with Crippen LogP contribution in [-0.4, -0.2) is 12.2 Å². The summed E-state index contributed by atoms with van der Waals surface area (Å²) >= 11 is 0. The van der Waals surface area contributed by atoms with Crippen molar-refractivity contribution < 1.29 is 13.2 Å². The second-order valence-corrected chi connectivity index (χ2v) is 4.94. The number of nitrogens with one attached hydrogen (secondary N) is 1. The van der Waals surface area contributed by atoms with Crippen LogP contribution in [0.5, 0.6) is 0 Å². The summed E-state index contributed by atoms with van der Waals surface area (Å²) in [7, 11) is 0. The van der Waals surface area contributed by atoms with Crippen LogP contribution in [-0.2, 0) is 0 Å². The van der Waals surface area contributed by atoms with Crippen molar-refractivity contribution in [3.05, 3.63) is 29.8 Å². The van der Waals surface area contributed by atoms with E-state index < -0.39 is 12.1 Å². The van der Waals surface area contributed by atoms with Crippen molar-refractivity contribution in [2.75, 3.05) is 5.32 Å². The van der Waals surface area contributed by atoms with Crippen LogP contribution in [0.25, 0.3) is 0 Å². The predicted octanol–water partition coefficient (Wildman–Crippen LogP) is 4.09. The van der Waals surface area contributed by atoms with E-state index in [-0.39, 0.29) is 18.9 Å². The van der Waals surface area contributed by atoms with Crippen LogP contribution in [0.4, 0.5) is 18.9 Å². The molecule has 2 unspecified atom stereocenters. The lowest BCUT2D eigenvalue weighted by atomic mass is 9.85. The molecule has 5 heteroatoms. The van der Waals surface area contributed by atoms with Gasteiger partial charge in [0.2, 0.25) is 0 Å². The second-order valence-electron chi connectivity index (χ2n) is 4.94. The van der Waals surface area contributed by atoms with E-state index in [0.717, 1.165) is 12.1 Å². The Morgan fingerprint density at radius 3 is 2.42 bits per heavy atom. The number of hydrogen-bond donors (Lipinski definition) is 1. The number of halogens is 3. The van der Waals surface area contributed by atoms with Crippen molar-refractivity contribution >= 4 is 5.69 Å². The fraction of sp³-hybridized carbons (Fsp3) is 0.500. The summed E-state index contributed by atoms with van der Waals surface area (Å²) in [4.78, 5) is 0. The molecule has 0 heterocycles. The molecule has 1 saturated carbocycles. The topological polar surface area (TPSA) is 35.8 Å². The molecule has 1 aromatic carbocycles. The van der Waals surface area contributed by atoms with E-state index in [1.54, 1.807) is 24.3 Å². The highest BCUT2D eigenvalue weighted by molar-refractivity contribution is 5.47. The summed E-state index contributed by atoms with van der Waals surface area (Å²) in [5.74, 6) is -1.20. The van der Waals surface area contributed by atoms with Gasteiger partial charge < -0.3 is 5.32 Å². The highest BCUT2D eigenvalue weighted by Gasteiger charge is 2.42. The number of alkyl halides is 3. The number of hydrogen-bond acceptors (Lipinski definition) is 2. The maximum absolute atomic E-state index is 12.7. The molecule has 2 atom stereocenters. The lowest BCUT2D eigenvalue weighted by Gasteiger charge is -2.31. The largest absolute Gasteiger partial charge is 0.391 e. The van der Waals surface area contributed by atoms with Crippen LogP contribution in [0.2, 0.25) is 0 Å². The summed E-state index contributed by atoms with van der Waals surface area (Å²) in [5, 5.41) is 11.8. The Kier molecular flexibility index (Phi) is 3.98. The van der Waals surface area contributed by atoms with Gasteiger partial charge in [0, 0.05) is 11.7 Å². The fourth-order valence-electron chi connectivity index (χ4n) is 2.49. The fourth-order valence-corrected chi connectivity index (χ4v) is 2.49. The minimum Gasteiger partial charge on any atom is -0.382 e. The molecule has 0 saturated heterocycles. The van der Waals surface area contributed by atoms with Crippen LogP contribution < -0.4 is 5.32 Å². The van der Waals surface area contributed by atoms with Gasteiger partial charge in [0.05, 0.1) is 17.6 Å². The third-order valence-corrected chi connectivity index (χ3v) is 3.52. The molecule has 19 heavy (non-hydrogen) atoms. The van der Waals surface area contributed by atoms with Crippen molar-refractivity contribution in [2.24, 2.45) is 5.92 Å². The van der Waals surface area contributed by atoms with Crippen molar-refractivity contribution in [1.29, 1.82) is 5.26 Å². The third-order valence-electron chi connectivity index (χ3n) is 3.52. The van der Waals surface area contributed by atoms with Gasteiger partial charge in [0.15, 0.2) is 0 Å². The van der Waals surface area contributed by atoms with E-state index in [4.69, 9.17) is 5.26 Å². The van der Waals surface area contributed by atoms with Crippen LogP contribution >= 0.6 is 0 Å². The SMILES string of the molecule is N#Cc1ccc(NC2CCCC(C(F)(F)F)C2)cc1. The predicted molar refractivity (Wildman–Crippen MR) is 66.6 cm³/mol. The van der Waals surface area contributed by atoms with Gasteiger partial charge in [-0.1, -0.05) is 6.42 Å². The molecule has 2 nitrogen and oxygen atoms in total. The molecule has 1 aliphatic rings. The molecule has 102 valence electrons. The smallest absolute Gasteiger partial charge is 0.382 e. The Morgan fingerprint density at radius 1 is 1.16 bits per heavy atom. The first kappa shape index (κ1) is 13.7. The molecule has 1 aliphatic carbocycles. The van der Waals surface area contributed by atoms with Gasteiger partial charge in [0.1, 0.15) is 0 Å². The lowest BCUT2D eigenvalue weighted by molar-refractivity contribution is -0.182. The number of rotatable bonds is 2. The molecule has 0 radical (unpaired) electrons. The average Bonchev–Trinajstić information content (AvgIpc) is 2.39. The van der Waals surface area contributed by atoms with Gasteiger partial charge in [-0.15, -0.1) is 0 Å². The van der Waals surface area contributed by atoms with Gasteiger partial charge in [-0.3, -0.25) is 0 Å². The van der Waals surface area contributed by atoms with Gasteiger partial charge >= 0.3 is 6.18 Å². The second kappa shape index (κ2) is 5.52. The third kappa shape index (κ3) is 3.63. The Morgan fingerprint density at radius 2 is 1.84 bits per heavy atom. The Labute approximate surface area is 110 Å². The van der Waals surface area contributed by atoms with Crippen LogP contribution in [0.3, 0.4) is 0 Å². The standard InChI is InChI=1S/C14H15F3N2/c15-14(16,17)11-2-1-3-13(8-11)19-12-6-4-10(9-18)5-7-12/h4-7,11,13,19H,1-3,8H2. The Bertz CT molecular complexity index is 459. The summed E-state index contributed by atoms with van der Waals surface area (Å²) in [6.45, 7) is 0. The molecule has 2 rings (SSSR count). The lowest BCUT2D eigenvalue weighted by Crippen LogP contribution is -2.34. The summed E-state index contributed by atoms with van der Waals surface area (Å²) in [6.07, 6.45) is -2.38. The van der Waals surface area contributed by atoms with E-state index >= 15 is 0 Å². The van der Waals surface area contributed by atoms with E-state index in [1.807, 2.05) is 6.07 Å². The molecular weight excluding hydrogens is 253 g/mol. The van der Waals surface area contributed by atoms with E-state index in [9.17, 15) is 13.2 Å². The molecule has 1 fully saturated rings. The first-order valence-electron chi connectivity index (χ1n) is 6.32. The molecule has 1 aromatic rings. The molecule has 0 bridgehead atoms. The molecule has 0 aliphatic heterocycles. The average molecular weight is 268 g/mol. The first-order chi connectivity index (χ1) is 8.99. The van der Waals surface area contributed by atoms with Gasteiger partial charge in [-0.2, -0.15) is 18.4 Å². The number of nitriles is 1. The highest BCUT2D eigenvalue weighted by Crippen LogP contribution is 2.38.